The highest BCUT2D eigenvalue weighted by Gasteiger charge is 2.60. The molecule has 0 spiro atoms. The second-order valence-electron chi connectivity index (χ2n) is 10.2. The monoisotopic (exact) mass is 494 g/mol. The number of H-pyrrole nitrogens is 1. The maximum atomic E-state index is 15.5. The number of urea groups is 1. The fourth-order valence-electron chi connectivity index (χ4n) is 5.46. The van der Waals surface area contributed by atoms with E-state index in [4.69, 9.17) is 4.74 Å². The van der Waals surface area contributed by atoms with E-state index < -0.39 is 23.4 Å². The van der Waals surface area contributed by atoms with Gasteiger partial charge in [-0.3, -0.25) is 14.6 Å². The van der Waals surface area contributed by atoms with E-state index >= 15 is 4.39 Å². The zero-order valence-electron chi connectivity index (χ0n) is 21.1. The van der Waals surface area contributed by atoms with Crippen molar-refractivity contribution in [1.82, 2.24) is 19.7 Å². The summed E-state index contributed by atoms with van der Waals surface area (Å²) >= 11 is 0. The molecule has 2 aliphatic heterocycles. The Hall–Kier alpha value is -3.59. The summed E-state index contributed by atoms with van der Waals surface area (Å²) in [6.07, 6.45) is 0.156. The summed E-state index contributed by atoms with van der Waals surface area (Å²) in [6, 6.07) is 9.07. The number of imide groups is 1. The van der Waals surface area contributed by atoms with Crippen molar-refractivity contribution in [2.45, 2.75) is 44.8 Å². The molecule has 0 aliphatic carbocycles. The van der Waals surface area contributed by atoms with Gasteiger partial charge in [0.15, 0.2) is 11.6 Å². The molecule has 190 valence electrons. The zero-order chi connectivity index (χ0) is 25.9. The first kappa shape index (κ1) is 24.1. The fourth-order valence-corrected chi connectivity index (χ4v) is 5.46. The van der Waals surface area contributed by atoms with E-state index in [-0.39, 0.29) is 36.4 Å². The van der Waals surface area contributed by atoms with E-state index in [9.17, 15) is 14.7 Å². The van der Waals surface area contributed by atoms with Gasteiger partial charge < -0.3 is 19.7 Å². The Morgan fingerprint density at radius 2 is 2.03 bits per heavy atom. The minimum Gasteiger partial charge on any atom is -0.508 e. The Kier molecular flexibility index (Phi) is 5.70. The molecule has 1 fully saturated rings. The van der Waals surface area contributed by atoms with Gasteiger partial charge >= 0.3 is 6.03 Å². The van der Waals surface area contributed by atoms with Crippen LogP contribution in [0.15, 0.2) is 36.4 Å². The smallest absolute Gasteiger partial charge is 0.328 e. The third kappa shape index (κ3) is 3.44. The molecule has 0 bridgehead atoms. The molecular formula is C27H31FN4O4. The second-order valence-corrected chi connectivity index (χ2v) is 10.2. The van der Waals surface area contributed by atoms with Gasteiger partial charge in [-0.15, -0.1) is 0 Å². The number of fused-ring (bicyclic) bond motifs is 4. The lowest BCUT2D eigenvalue weighted by Crippen LogP contribution is -2.53. The zero-order valence-corrected chi connectivity index (χ0v) is 21.1. The number of carbonyl (C=O) groups excluding carboxylic acids is 2. The standard InChI is InChI=1S/C27H31FN4O4/c1-15(2)30(4)11-12-31-25(34)27(3)14-18-21-19(9-10-20(36-5)22(21)28)29-23(18)24(32(27)26(31)35)16-7-6-8-17(33)13-16/h6-10,13,15,24,29,33H,11-12,14H2,1-5H3/t24-,27+/m1/s1. The van der Waals surface area contributed by atoms with E-state index in [1.807, 2.05) is 7.05 Å². The molecule has 3 heterocycles. The lowest BCUT2D eigenvalue weighted by Gasteiger charge is -2.42. The van der Waals surface area contributed by atoms with Crippen LogP contribution in [0.2, 0.25) is 0 Å². The first-order valence-electron chi connectivity index (χ1n) is 12.1. The maximum Gasteiger partial charge on any atom is 0.328 e. The van der Waals surface area contributed by atoms with E-state index in [1.165, 1.54) is 12.0 Å². The van der Waals surface area contributed by atoms with Gasteiger partial charge in [0.05, 0.1) is 7.11 Å². The number of nitrogens with zero attached hydrogens (tertiary/aromatic N) is 3. The van der Waals surface area contributed by atoms with Crippen molar-refractivity contribution in [1.29, 1.82) is 0 Å². The molecule has 0 saturated carbocycles. The van der Waals surface area contributed by atoms with Crippen LogP contribution in [0.3, 0.4) is 0 Å². The number of phenolic OH excluding ortho intramolecular Hbond substituents is 1. The SMILES string of the molecule is COc1ccc2[nH]c3c(c2c1F)C[C@@]1(C)C(=O)N(CCN(C)C(C)C)C(=O)N1[C@@H]3c1cccc(O)c1. The second kappa shape index (κ2) is 8.51. The van der Waals surface area contributed by atoms with Gasteiger partial charge in [0.25, 0.3) is 5.91 Å². The maximum absolute atomic E-state index is 15.5. The molecule has 2 aliphatic rings. The highest BCUT2D eigenvalue weighted by atomic mass is 19.1. The van der Waals surface area contributed by atoms with Crippen molar-refractivity contribution in [2.75, 3.05) is 27.2 Å². The summed E-state index contributed by atoms with van der Waals surface area (Å²) in [4.78, 5) is 36.0. The van der Waals surface area contributed by atoms with Crippen LogP contribution >= 0.6 is 0 Å². The fraction of sp³-hybridized carbons (Fsp3) is 0.407. The molecule has 36 heavy (non-hydrogen) atoms. The molecule has 9 heteroatoms. The first-order valence-corrected chi connectivity index (χ1v) is 12.1. The van der Waals surface area contributed by atoms with Crippen LogP contribution in [0, 0.1) is 5.82 Å². The van der Waals surface area contributed by atoms with Crippen LogP contribution in [-0.4, -0.2) is 75.6 Å². The van der Waals surface area contributed by atoms with Gasteiger partial charge in [-0.25, -0.2) is 9.18 Å². The van der Waals surface area contributed by atoms with Crippen LogP contribution in [0.5, 0.6) is 11.5 Å². The van der Waals surface area contributed by atoms with Gasteiger partial charge in [-0.05, 0) is 63.2 Å². The Labute approximate surface area is 209 Å². The molecule has 1 saturated heterocycles. The van der Waals surface area contributed by atoms with Gasteiger partial charge in [0.2, 0.25) is 0 Å². The summed E-state index contributed by atoms with van der Waals surface area (Å²) in [7, 11) is 3.36. The molecule has 1 aromatic heterocycles. The Bertz CT molecular complexity index is 1370. The molecule has 2 N–H and O–H groups in total. The Morgan fingerprint density at radius 3 is 2.69 bits per heavy atom. The number of rotatable bonds is 6. The number of nitrogens with one attached hydrogen (secondary N) is 1. The number of halogens is 1. The third-order valence-corrected chi connectivity index (χ3v) is 7.69. The lowest BCUT2D eigenvalue weighted by atomic mass is 9.81. The minimum atomic E-state index is -1.22. The van der Waals surface area contributed by atoms with Crippen molar-refractivity contribution >= 4 is 22.8 Å². The summed E-state index contributed by atoms with van der Waals surface area (Å²) in [5.41, 5.74) is 1.23. The number of aromatic nitrogens is 1. The topological polar surface area (TPSA) is 89.1 Å². The lowest BCUT2D eigenvalue weighted by molar-refractivity contribution is -0.133. The third-order valence-electron chi connectivity index (χ3n) is 7.69. The van der Waals surface area contributed by atoms with E-state index in [2.05, 4.69) is 23.7 Å². The molecule has 5 rings (SSSR count). The summed E-state index contributed by atoms with van der Waals surface area (Å²) in [5, 5.41) is 10.6. The molecule has 3 aromatic rings. The minimum absolute atomic E-state index is 0.0404. The molecule has 0 unspecified atom stereocenters. The number of ether oxygens (including phenoxy) is 1. The van der Waals surface area contributed by atoms with Gasteiger partial charge in [-0.2, -0.15) is 0 Å². The summed E-state index contributed by atoms with van der Waals surface area (Å²) < 4.78 is 20.7. The number of benzene rings is 2. The average molecular weight is 495 g/mol. The number of hydrogen-bond acceptors (Lipinski definition) is 5. The quantitative estimate of drug-likeness (QED) is 0.505. The molecule has 2 atom stereocenters. The number of likely N-dealkylation sites (N-methyl/N-ethyl adjacent to an activating group) is 1. The van der Waals surface area contributed by atoms with Gasteiger partial charge in [-0.1, -0.05) is 12.1 Å². The summed E-state index contributed by atoms with van der Waals surface area (Å²) in [6.45, 7) is 6.64. The molecule has 0 radical (unpaired) electrons. The van der Waals surface area contributed by atoms with E-state index in [1.54, 1.807) is 48.2 Å². The summed E-state index contributed by atoms with van der Waals surface area (Å²) in [5.74, 6) is -0.666. The van der Waals surface area contributed by atoms with Crippen LogP contribution in [0.25, 0.3) is 10.9 Å². The van der Waals surface area contributed by atoms with E-state index in [0.29, 0.717) is 34.3 Å². The van der Waals surface area contributed by atoms with Crippen molar-refractivity contribution in [3.8, 4) is 11.5 Å². The Morgan fingerprint density at radius 1 is 1.28 bits per heavy atom. The predicted molar refractivity (Wildman–Crippen MR) is 134 cm³/mol. The Balaban J connectivity index is 1.69. The van der Waals surface area contributed by atoms with Crippen LogP contribution in [-0.2, 0) is 11.2 Å². The van der Waals surface area contributed by atoms with Crippen LogP contribution in [0.4, 0.5) is 9.18 Å². The predicted octanol–water partition coefficient (Wildman–Crippen LogP) is 4.03. The largest absolute Gasteiger partial charge is 0.508 e. The van der Waals surface area contributed by atoms with Gasteiger partial charge in [0, 0.05) is 42.1 Å². The van der Waals surface area contributed by atoms with Crippen LogP contribution < -0.4 is 4.74 Å². The molecule has 8 nitrogen and oxygen atoms in total. The average Bonchev–Trinajstić information content (AvgIpc) is 3.29. The first-order chi connectivity index (χ1) is 17.1. The number of phenols is 1. The number of methoxy groups -OCH3 is 1. The number of hydrogen-bond donors (Lipinski definition) is 2. The van der Waals surface area contributed by atoms with Crippen molar-refractivity contribution < 1.29 is 23.8 Å². The van der Waals surface area contributed by atoms with Crippen molar-refractivity contribution in [3.05, 3.63) is 59.0 Å². The van der Waals surface area contributed by atoms with E-state index in [0.717, 1.165) is 0 Å². The van der Waals surface area contributed by atoms with Crippen molar-refractivity contribution in [3.63, 3.8) is 0 Å². The van der Waals surface area contributed by atoms with Crippen molar-refractivity contribution in [2.24, 2.45) is 0 Å². The number of amides is 3. The number of aromatic amines is 1. The molecule has 2 aromatic carbocycles. The highest BCUT2D eigenvalue weighted by Crippen LogP contribution is 2.49. The van der Waals surface area contributed by atoms with Gasteiger partial charge in [0.1, 0.15) is 17.3 Å². The molecule has 3 amide bonds. The molecular weight excluding hydrogens is 463 g/mol. The number of aromatic hydroxyl groups is 1. The number of carbonyl (C=O) groups is 2. The van der Waals surface area contributed by atoms with Crippen LogP contribution in [0.1, 0.15) is 43.6 Å². The highest BCUT2D eigenvalue weighted by molar-refractivity contribution is 6.08. The normalized spacial score (nSPS) is 21.6.